The molecule has 30 heavy (non-hydrogen) atoms. The normalized spacial score (nSPS) is 18.1. The molecule has 2 fully saturated rings. The summed E-state index contributed by atoms with van der Waals surface area (Å²) in [5.41, 5.74) is 1.91. The van der Waals surface area contributed by atoms with Gasteiger partial charge in [-0.05, 0) is 63.6 Å². The summed E-state index contributed by atoms with van der Waals surface area (Å²) in [7, 11) is -2.03. The van der Waals surface area contributed by atoms with Crippen LogP contribution in [0.5, 0.6) is 5.75 Å². The number of nitrogens with zero attached hydrogens (tertiary/aromatic N) is 4. The lowest BCUT2D eigenvalue weighted by Gasteiger charge is -2.38. The number of aryl methyl sites for hydroxylation is 2. The molecule has 1 aromatic heterocycles. The van der Waals surface area contributed by atoms with E-state index in [1.807, 2.05) is 19.9 Å². The molecule has 0 atom stereocenters. The number of aromatic nitrogens is 2. The fourth-order valence-corrected chi connectivity index (χ4v) is 5.89. The van der Waals surface area contributed by atoms with Crippen LogP contribution < -0.4 is 9.64 Å². The van der Waals surface area contributed by atoms with Crippen molar-refractivity contribution in [1.29, 1.82) is 0 Å². The smallest absolute Gasteiger partial charge is 0.243 e. The number of hydrogen-bond donors (Lipinski definition) is 0. The minimum absolute atomic E-state index is 0.0102. The first-order valence-corrected chi connectivity index (χ1v) is 12.0. The molecule has 0 radical (unpaired) electrons. The van der Waals surface area contributed by atoms with Crippen LogP contribution in [0.4, 0.5) is 5.95 Å². The zero-order valence-corrected chi connectivity index (χ0v) is 18.7. The van der Waals surface area contributed by atoms with Gasteiger partial charge >= 0.3 is 0 Å². The number of hydrogen-bond acceptors (Lipinski definition) is 6. The van der Waals surface area contributed by atoms with Gasteiger partial charge in [-0.3, -0.25) is 0 Å². The Morgan fingerprint density at radius 3 is 2.33 bits per heavy atom. The monoisotopic (exact) mass is 430 g/mol. The minimum Gasteiger partial charge on any atom is -0.497 e. The lowest BCUT2D eigenvalue weighted by Crippen LogP contribution is -2.48. The van der Waals surface area contributed by atoms with E-state index in [1.54, 1.807) is 35.7 Å². The van der Waals surface area contributed by atoms with Crippen molar-refractivity contribution in [3.63, 3.8) is 0 Å². The number of rotatable bonds is 7. The van der Waals surface area contributed by atoms with E-state index in [-0.39, 0.29) is 6.04 Å². The van der Waals surface area contributed by atoms with E-state index in [2.05, 4.69) is 14.9 Å². The second-order valence-corrected chi connectivity index (χ2v) is 10.3. The number of sulfonamides is 1. The average molecular weight is 431 g/mol. The molecule has 0 spiro atoms. The molecular weight excluding hydrogens is 400 g/mol. The van der Waals surface area contributed by atoms with Crippen molar-refractivity contribution in [3.05, 3.63) is 41.7 Å². The number of methoxy groups -OCH3 is 1. The van der Waals surface area contributed by atoms with Crippen molar-refractivity contribution in [1.82, 2.24) is 14.3 Å². The first kappa shape index (κ1) is 21.1. The van der Waals surface area contributed by atoms with Crippen molar-refractivity contribution < 1.29 is 13.2 Å². The molecule has 0 bridgehead atoms. The standard InChI is InChI=1S/C22H30N4O3S/c1-16-13-17(2)24-22(23-16)25-11-9-19(10-12-25)26(15-18-7-8-18)30(27,28)21-6-4-5-20(14-21)29-3/h4-6,13-14,18-19H,7-12,15H2,1-3H3. The van der Waals surface area contributed by atoms with Gasteiger partial charge in [-0.2, -0.15) is 4.31 Å². The Hall–Kier alpha value is -2.19. The third kappa shape index (κ3) is 4.59. The first-order valence-electron chi connectivity index (χ1n) is 10.6. The predicted molar refractivity (Wildman–Crippen MR) is 116 cm³/mol. The molecule has 2 heterocycles. The summed E-state index contributed by atoms with van der Waals surface area (Å²) in [6.45, 7) is 6.06. The second kappa shape index (κ2) is 8.51. The summed E-state index contributed by atoms with van der Waals surface area (Å²) in [4.78, 5) is 11.6. The number of piperidine rings is 1. The summed E-state index contributed by atoms with van der Waals surface area (Å²) in [6.07, 6.45) is 3.76. The van der Waals surface area contributed by atoms with Crippen LogP contribution in [0.25, 0.3) is 0 Å². The molecular formula is C22H30N4O3S. The second-order valence-electron chi connectivity index (χ2n) is 8.37. The molecule has 0 N–H and O–H groups in total. The molecule has 2 aliphatic rings. The van der Waals surface area contributed by atoms with Crippen LogP contribution in [0, 0.1) is 19.8 Å². The third-order valence-corrected chi connectivity index (χ3v) is 7.82. The average Bonchev–Trinajstić information content (AvgIpc) is 3.56. The largest absolute Gasteiger partial charge is 0.497 e. The molecule has 1 saturated heterocycles. The zero-order chi connectivity index (χ0) is 21.3. The Morgan fingerprint density at radius 1 is 1.07 bits per heavy atom. The highest BCUT2D eigenvalue weighted by molar-refractivity contribution is 7.89. The highest BCUT2D eigenvalue weighted by Crippen LogP contribution is 2.35. The summed E-state index contributed by atoms with van der Waals surface area (Å²) in [5.74, 6) is 1.78. The van der Waals surface area contributed by atoms with Crippen LogP contribution in [0.3, 0.4) is 0 Å². The summed E-state index contributed by atoms with van der Waals surface area (Å²) >= 11 is 0. The van der Waals surface area contributed by atoms with Crippen molar-refractivity contribution in [3.8, 4) is 5.75 Å². The molecule has 162 valence electrons. The van der Waals surface area contributed by atoms with Crippen LogP contribution in [-0.4, -0.2) is 55.5 Å². The lowest BCUT2D eigenvalue weighted by molar-refractivity contribution is 0.265. The van der Waals surface area contributed by atoms with Crippen molar-refractivity contribution in [2.75, 3.05) is 31.6 Å². The molecule has 1 aromatic carbocycles. The fraction of sp³-hybridized carbons (Fsp3) is 0.545. The van der Waals surface area contributed by atoms with Gasteiger partial charge in [-0.1, -0.05) is 6.07 Å². The minimum atomic E-state index is -3.58. The predicted octanol–water partition coefficient (Wildman–Crippen LogP) is 3.17. The van der Waals surface area contributed by atoms with Gasteiger partial charge in [0.05, 0.1) is 12.0 Å². The highest BCUT2D eigenvalue weighted by Gasteiger charge is 2.38. The highest BCUT2D eigenvalue weighted by atomic mass is 32.2. The van der Waals surface area contributed by atoms with Gasteiger partial charge in [-0.25, -0.2) is 18.4 Å². The van der Waals surface area contributed by atoms with Crippen LogP contribution in [-0.2, 0) is 10.0 Å². The first-order chi connectivity index (χ1) is 14.4. The summed E-state index contributed by atoms with van der Waals surface area (Å²) in [6, 6.07) is 8.75. The van der Waals surface area contributed by atoms with Gasteiger partial charge in [0.25, 0.3) is 0 Å². The van der Waals surface area contributed by atoms with Gasteiger partial charge in [0, 0.05) is 43.1 Å². The van der Waals surface area contributed by atoms with Crippen LogP contribution >= 0.6 is 0 Å². The zero-order valence-electron chi connectivity index (χ0n) is 17.9. The molecule has 1 aliphatic carbocycles. The topological polar surface area (TPSA) is 75.6 Å². The van der Waals surface area contributed by atoms with Crippen molar-refractivity contribution in [2.45, 2.75) is 50.5 Å². The van der Waals surface area contributed by atoms with E-state index in [0.717, 1.165) is 56.1 Å². The lowest BCUT2D eigenvalue weighted by atomic mass is 10.1. The number of benzene rings is 1. The Bertz CT molecular complexity index is 979. The molecule has 0 amide bonds. The van der Waals surface area contributed by atoms with Gasteiger partial charge in [-0.15, -0.1) is 0 Å². The molecule has 0 unspecified atom stereocenters. The maximum atomic E-state index is 13.5. The third-order valence-electron chi connectivity index (χ3n) is 5.91. The van der Waals surface area contributed by atoms with E-state index in [1.165, 1.54) is 0 Å². The Kier molecular flexibility index (Phi) is 5.97. The van der Waals surface area contributed by atoms with Crippen LogP contribution in [0.2, 0.25) is 0 Å². The molecule has 1 saturated carbocycles. The summed E-state index contributed by atoms with van der Waals surface area (Å²) in [5, 5.41) is 0. The molecule has 2 aromatic rings. The van der Waals surface area contributed by atoms with E-state index < -0.39 is 10.0 Å². The molecule has 4 rings (SSSR count). The Balaban J connectivity index is 1.53. The molecule has 8 heteroatoms. The van der Waals surface area contributed by atoms with E-state index >= 15 is 0 Å². The van der Waals surface area contributed by atoms with E-state index in [4.69, 9.17) is 4.74 Å². The Morgan fingerprint density at radius 2 is 1.73 bits per heavy atom. The fourth-order valence-electron chi connectivity index (χ4n) is 4.10. The number of ether oxygens (including phenoxy) is 1. The van der Waals surface area contributed by atoms with E-state index in [0.29, 0.717) is 23.1 Å². The Labute approximate surface area is 179 Å². The van der Waals surface area contributed by atoms with Gasteiger partial charge < -0.3 is 9.64 Å². The van der Waals surface area contributed by atoms with Crippen molar-refractivity contribution >= 4 is 16.0 Å². The van der Waals surface area contributed by atoms with Gasteiger partial charge in [0.15, 0.2) is 0 Å². The molecule has 1 aliphatic heterocycles. The van der Waals surface area contributed by atoms with Crippen LogP contribution in [0.15, 0.2) is 35.2 Å². The quantitative estimate of drug-likeness (QED) is 0.672. The SMILES string of the molecule is COc1cccc(S(=O)(=O)N(CC2CC2)C2CCN(c3nc(C)cc(C)n3)CC2)c1. The van der Waals surface area contributed by atoms with E-state index in [9.17, 15) is 8.42 Å². The molecule has 7 nitrogen and oxygen atoms in total. The maximum Gasteiger partial charge on any atom is 0.243 e. The van der Waals surface area contributed by atoms with Gasteiger partial charge in [0.2, 0.25) is 16.0 Å². The van der Waals surface area contributed by atoms with Gasteiger partial charge in [0.1, 0.15) is 5.75 Å². The van der Waals surface area contributed by atoms with Crippen molar-refractivity contribution in [2.24, 2.45) is 5.92 Å². The van der Waals surface area contributed by atoms with Crippen LogP contribution in [0.1, 0.15) is 37.1 Å². The summed E-state index contributed by atoms with van der Waals surface area (Å²) < 4.78 is 34.1. The maximum absolute atomic E-state index is 13.5. The number of anilines is 1.